The summed E-state index contributed by atoms with van der Waals surface area (Å²) < 4.78 is 0. The summed E-state index contributed by atoms with van der Waals surface area (Å²) in [5, 5.41) is 9.49. The Bertz CT molecular complexity index is 1300. The molecule has 3 heterocycles. The first-order valence-electron chi connectivity index (χ1n) is 10.6. The van der Waals surface area contributed by atoms with Gasteiger partial charge in [-0.15, -0.1) is 0 Å². The van der Waals surface area contributed by atoms with Crippen molar-refractivity contribution in [2.24, 2.45) is 0 Å². The lowest BCUT2D eigenvalue weighted by atomic mass is 9.72. The number of nitrogens with one attached hydrogen (secondary N) is 3. The SMILES string of the molecule is CCC1(c2ccc(NC=C3C(=O)Nc4ccc5ncccc5c43)cc2)CCC(=O)NC1=O. The molecule has 1 saturated heterocycles. The fourth-order valence-electron chi connectivity index (χ4n) is 4.59. The standard InChI is InChI=1S/C25H22N4O3/c1-2-25(12-11-21(30)29-24(25)32)15-5-7-16(8-6-15)27-14-18-22-17-4-3-13-26-19(17)9-10-20(22)28-23(18)31/h3-10,13-14,27H,2,11-12H2,1H3,(H,28,31)(H,29,30,32). The molecule has 2 aliphatic heterocycles. The smallest absolute Gasteiger partial charge is 0.257 e. The zero-order valence-corrected chi connectivity index (χ0v) is 17.6. The van der Waals surface area contributed by atoms with Crippen LogP contribution in [0.1, 0.15) is 37.3 Å². The Morgan fingerprint density at radius 3 is 2.62 bits per heavy atom. The molecule has 5 rings (SSSR count). The van der Waals surface area contributed by atoms with Crippen LogP contribution in [-0.4, -0.2) is 22.7 Å². The van der Waals surface area contributed by atoms with Crippen LogP contribution in [0.5, 0.6) is 0 Å². The summed E-state index contributed by atoms with van der Waals surface area (Å²) >= 11 is 0. The molecule has 1 atom stereocenters. The number of carbonyl (C=O) groups excluding carboxylic acids is 3. The number of hydrogen-bond acceptors (Lipinski definition) is 5. The van der Waals surface area contributed by atoms with Crippen molar-refractivity contribution >= 4 is 45.6 Å². The number of fused-ring (bicyclic) bond motifs is 3. The van der Waals surface area contributed by atoms with Gasteiger partial charge >= 0.3 is 0 Å². The third-order valence-electron chi connectivity index (χ3n) is 6.44. The number of benzene rings is 2. The molecular weight excluding hydrogens is 404 g/mol. The van der Waals surface area contributed by atoms with E-state index in [9.17, 15) is 14.4 Å². The topological polar surface area (TPSA) is 100 Å². The maximum atomic E-state index is 12.6. The van der Waals surface area contributed by atoms with E-state index >= 15 is 0 Å². The van der Waals surface area contributed by atoms with Crippen LogP contribution in [0.3, 0.4) is 0 Å². The van der Waals surface area contributed by atoms with E-state index in [0.29, 0.717) is 24.8 Å². The van der Waals surface area contributed by atoms with Gasteiger partial charge in [0.2, 0.25) is 11.8 Å². The Morgan fingerprint density at radius 2 is 1.88 bits per heavy atom. The van der Waals surface area contributed by atoms with Crippen LogP contribution in [0.4, 0.5) is 11.4 Å². The minimum Gasteiger partial charge on any atom is -0.361 e. The molecule has 1 fully saturated rings. The summed E-state index contributed by atoms with van der Waals surface area (Å²) in [7, 11) is 0. The second-order valence-corrected chi connectivity index (χ2v) is 8.10. The first kappa shape index (κ1) is 19.9. The molecule has 7 nitrogen and oxygen atoms in total. The Hall–Kier alpha value is -4.00. The lowest BCUT2D eigenvalue weighted by Crippen LogP contribution is -2.51. The average molecular weight is 426 g/mol. The molecule has 0 radical (unpaired) electrons. The van der Waals surface area contributed by atoms with E-state index in [1.54, 1.807) is 12.4 Å². The van der Waals surface area contributed by atoms with Crippen LogP contribution < -0.4 is 16.0 Å². The molecular formula is C25H22N4O3. The van der Waals surface area contributed by atoms with Crippen LogP contribution in [0, 0.1) is 0 Å². The number of rotatable bonds is 4. The van der Waals surface area contributed by atoms with Crippen molar-refractivity contribution < 1.29 is 14.4 Å². The van der Waals surface area contributed by atoms with E-state index in [2.05, 4.69) is 20.9 Å². The minimum absolute atomic E-state index is 0.172. The number of carbonyl (C=O) groups is 3. The van der Waals surface area contributed by atoms with Gasteiger partial charge in [-0.05, 0) is 48.7 Å². The molecule has 160 valence electrons. The summed E-state index contributed by atoms with van der Waals surface area (Å²) in [6.07, 6.45) is 4.88. The lowest BCUT2D eigenvalue weighted by molar-refractivity contribution is -0.138. The fraction of sp³-hybridized carbons (Fsp3) is 0.200. The van der Waals surface area contributed by atoms with E-state index in [4.69, 9.17) is 0 Å². The molecule has 0 aliphatic carbocycles. The molecule has 3 N–H and O–H groups in total. The number of piperidine rings is 1. The molecule has 1 aromatic heterocycles. The Balaban J connectivity index is 1.43. The minimum atomic E-state index is -0.693. The van der Waals surface area contributed by atoms with Crippen molar-refractivity contribution in [1.29, 1.82) is 0 Å². The molecule has 3 aromatic rings. The first-order valence-corrected chi connectivity index (χ1v) is 10.6. The molecule has 0 spiro atoms. The molecule has 3 amide bonds. The predicted octanol–water partition coefficient (Wildman–Crippen LogP) is 3.72. The summed E-state index contributed by atoms with van der Waals surface area (Å²) in [5.74, 6) is -0.630. The third-order valence-corrected chi connectivity index (χ3v) is 6.44. The van der Waals surface area contributed by atoms with Crippen molar-refractivity contribution in [1.82, 2.24) is 10.3 Å². The van der Waals surface area contributed by atoms with Crippen LogP contribution in [0.15, 0.2) is 60.9 Å². The van der Waals surface area contributed by atoms with E-state index in [1.165, 1.54) is 0 Å². The van der Waals surface area contributed by atoms with Gasteiger partial charge < -0.3 is 10.6 Å². The summed E-state index contributed by atoms with van der Waals surface area (Å²) in [6.45, 7) is 1.96. The highest BCUT2D eigenvalue weighted by molar-refractivity contribution is 6.34. The summed E-state index contributed by atoms with van der Waals surface area (Å²) in [5.41, 5.74) is 3.94. The van der Waals surface area contributed by atoms with E-state index < -0.39 is 5.41 Å². The molecule has 32 heavy (non-hydrogen) atoms. The van der Waals surface area contributed by atoms with E-state index in [0.717, 1.165) is 33.4 Å². The van der Waals surface area contributed by atoms with Crippen LogP contribution in [0.25, 0.3) is 16.5 Å². The molecule has 0 saturated carbocycles. The highest BCUT2D eigenvalue weighted by Crippen LogP contribution is 2.38. The van der Waals surface area contributed by atoms with Gasteiger partial charge in [-0.25, -0.2) is 0 Å². The van der Waals surface area contributed by atoms with Gasteiger partial charge in [-0.2, -0.15) is 0 Å². The number of nitrogens with zero attached hydrogens (tertiary/aromatic N) is 1. The Kier molecular flexibility index (Phi) is 4.74. The van der Waals surface area contributed by atoms with Gasteiger partial charge in [0, 0.05) is 41.1 Å². The lowest BCUT2D eigenvalue weighted by Gasteiger charge is -2.35. The predicted molar refractivity (Wildman–Crippen MR) is 123 cm³/mol. The highest BCUT2D eigenvalue weighted by atomic mass is 16.2. The van der Waals surface area contributed by atoms with Gasteiger partial charge in [0.25, 0.3) is 5.91 Å². The second kappa shape index (κ2) is 7.60. The number of aromatic nitrogens is 1. The molecule has 0 bridgehead atoms. The van der Waals surface area contributed by atoms with Gasteiger partial charge in [-0.1, -0.05) is 25.1 Å². The van der Waals surface area contributed by atoms with Gasteiger partial charge in [0.05, 0.1) is 16.5 Å². The second-order valence-electron chi connectivity index (χ2n) is 8.10. The molecule has 1 unspecified atom stereocenters. The van der Waals surface area contributed by atoms with Crippen molar-refractivity contribution in [3.63, 3.8) is 0 Å². The third kappa shape index (κ3) is 3.13. The quantitative estimate of drug-likeness (QED) is 0.436. The van der Waals surface area contributed by atoms with Crippen LogP contribution in [-0.2, 0) is 19.8 Å². The maximum absolute atomic E-state index is 12.6. The first-order chi connectivity index (χ1) is 15.5. The normalized spacial score (nSPS) is 21.4. The summed E-state index contributed by atoms with van der Waals surface area (Å²) in [4.78, 5) is 41.1. The van der Waals surface area contributed by atoms with Crippen molar-refractivity contribution in [3.8, 4) is 0 Å². The zero-order valence-electron chi connectivity index (χ0n) is 17.6. The Labute approximate surface area is 184 Å². The summed E-state index contributed by atoms with van der Waals surface area (Å²) in [6, 6.07) is 15.1. The maximum Gasteiger partial charge on any atom is 0.257 e. The monoisotopic (exact) mass is 426 g/mol. The van der Waals surface area contributed by atoms with Crippen molar-refractivity contribution in [3.05, 3.63) is 72.1 Å². The number of imide groups is 1. The molecule has 7 heteroatoms. The number of amides is 3. The van der Waals surface area contributed by atoms with Gasteiger partial charge in [0.1, 0.15) is 0 Å². The number of anilines is 2. The van der Waals surface area contributed by atoms with Crippen molar-refractivity contribution in [2.45, 2.75) is 31.6 Å². The van der Waals surface area contributed by atoms with Crippen LogP contribution in [0.2, 0.25) is 0 Å². The number of pyridine rings is 1. The van der Waals surface area contributed by atoms with Crippen LogP contribution >= 0.6 is 0 Å². The largest absolute Gasteiger partial charge is 0.361 e. The fourth-order valence-corrected chi connectivity index (χ4v) is 4.59. The van der Waals surface area contributed by atoms with Gasteiger partial charge in [-0.3, -0.25) is 24.7 Å². The highest BCUT2D eigenvalue weighted by Gasteiger charge is 2.42. The zero-order chi connectivity index (χ0) is 22.3. The number of hydrogen-bond donors (Lipinski definition) is 3. The average Bonchev–Trinajstić information content (AvgIpc) is 3.14. The molecule has 2 aliphatic rings. The Morgan fingerprint density at radius 1 is 1.06 bits per heavy atom. The van der Waals surface area contributed by atoms with Gasteiger partial charge in [0.15, 0.2) is 0 Å². The van der Waals surface area contributed by atoms with Crippen molar-refractivity contribution in [2.75, 3.05) is 10.6 Å². The van der Waals surface area contributed by atoms with E-state index in [-0.39, 0.29) is 17.7 Å². The molecule has 2 aromatic carbocycles. The van der Waals surface area contributed by atoms with E-state index in [1.807, 2.05) is 55.5 Å².